The van der Waals surface area contributed by atoms with E-state index in [0.29, 0.717) is 12.2 Å². The molecule has 0 radical (unpaired) electrons. The number of hydrogen-bond acceptors (Lipinski definition) is 3. The molecule has 0 aliphatic carbocycles. The first kappa shape index (κ1) is 6.30. The summed E-state index contributed by atoms with van der Waals surface area (Å²) in [6, 6.07) is 5.18. The second-order valence-corrected chi connectivity index (χ2v) is 3.36. The van der Waals surface area contributed by atoms with Crippen LogP contribution in [-0.2, 0) is 6.42 Å². The van der Waals surface area contributed by atoms with Gasteiger partial charge in [-0.2, -0.15) is 0 Å². The first-order valence-electron chi connectivity index (χ1n) is 6.08. The quantitative estimate of drug-likeness (QED) is 0.800. The summed E-state index contributed by atoms with van der Waals surface area (Å²) in [6.45, 7) is -1.74. The molecule has 0 bridgehead atoms. The Kier molecular flexibility index (Phi) is 1.75. The van der Waals surface area contributed by atoms with Crippen molar-refractivity contribution in [1.29, 1.82) is 0 Å². The van der Waals surface area contributed by atoms with Crippen molar-refractivity contribution >= 4 is 0 Å². The van der Waals surface area contributed by atoms with Gasteiger partial charge in [0.2, 0.25) is 6.79 Å². The van der Waals surface area contributed by atoms with Crippen LogP contribution < -0.4 is 15.2 Å². The molecule has 1 unspecified atom stereocenters. The van der Waals surface area contributed by atoms with E-state index < -0.39 is 6.85 Å². The maximum atomic E-state index is 7.16. The molecule has 0 spiro atoms. The molecule has 76 valence electrons. The van der Waals surface area contributed by atoms with E-state index in [9.17, 15) is 0 Å². The molecule has 0 amide bonds. The van der Waals surface area contributed by atoms with Gasteiger partial charge >= 0.3 is 0 Å². The van der Waals surface area contributed by atoms with Gasteiger partial charge in [0.15, 0.2) is 11.5 Å². The van der Waals surface area contributed by atoms with Gasteiger partial charge in [0.25, 0.3) is 0 Å². The first-order chi connectivity index (χ1) is 7.94. The molecule has 0 saturated heterocycles. The Morgan fingerprint density at radius 2 is 2.36 bits per heavy atom. The lowest BCUT2D eigenvalue weighted by Gasteiger charge is -2.08. The molecular formula is C11H15NO2. The summed E-state index contributed by atoms with van der Waals surface area (Å²) >= 11 is 0. The molecule has 1 heterocycles. The lowest BCUT2D eigenvalue weighted by atomic mass is 10.0. The lowest BCUT2D eigenvalue weighted by Crippen LogP contribution is -2.21. The summed E-state index contributed by atoms with van der Waals surface area (Å²) in [7, 11) is 0. The SMILES string of the molecule is [2H]C([2H])([2H])CC(N)Cc1ccc2c(c1)OCO2. The van der Waals surface area contributed by atoms with Gasteiger partial charge in [-0.05, 0) is 30.5 Å². The Bertz CT molecular complexity index is 406. The standard InChI is InChI=1S/C11H15NO2/c1-2-9(12)5-8-3-4-10-11(6-8)14-7-13-10/h3-4,6,9H,2,5,7,12H2,1H3/i1D3. The van der Waals surface area contributed by atoms with Crippen LogP contribution in [0.15, 0.2) is 18.2 Å². The van der Waals surface area contributed by atoms with Gasteiger partial charge in [-0.25, -0.2) is 0 Å². The van der Waals surface area contributed by atoms with Crippen LogP contribution in [0.25, 0.3) is 0 Å². The Morgan fingerprint density at radius 1 is 1.50 bits per heavy atom. The van der Waals surface area contributed by atoms with Gasteiger partial charge in [0.05, 0.1) is 0 Å². The van der Waals surface area contributed by atoms with Crippen molar-refractivity contribution in [2.75, 3.05) is 6.79 Å². The van der Waals surface area contributed by atoms with Crippen LogP contribution in [0.2, 0.25) is 0 Å². The van der Waals surface area contributed by atoms with Gasteiger partial charge in [-0.3, -0.25) is 0 Å². The van der Waals surface area contributed by atoms with E-state index in [1.165, 1.54) is 0 Å². The molecule has 1 aromatic rings. The van der Waals surface area contributed by atoms with E-state index in [0.717, 1.165) is 11.3 Å². The monoisotopic (exact) mass is 196 g/mol. The van der Waals surface area contributed by atoms with Crippen molar-refractivity contribution in [3.63, 3.8) is 0 Å². The number of benzene rings is 1. The maximum absolute atomic E-state index is 7.16. The third kappa shape index (κ3) is 1.82. The summed E-state index contributed by atoms with van der Waals surface area (Å²) in [4.78, 5) is 0. The zero-order valence-corrected chi connectivity index (χ0v) is 7.82. The number of ether oxygens (including phenoxy) is 2. The molecule has 3 nitrogen and oxygen atoms in total. The Balaban J connectivity index is 1.99. The van der Waals surface area contributed by atoms with E-state index in [1.54, 1.807) is 0 Å². The number of fused-ring (bicyclic) bond motifs is 1. The van der Waals surface area contributed by atoms with Crippen LogP contribution in [0.5, 0.6) is 11.5 Å². The number of rotatable bonds is 3. The minimum atomic E-state index is -1.98. The molecule has 2 N–H and O–H groups in total. The van der Waals surface area contributed by atoms with Crippen LogP contribution in [-0.4, -0.2) is 12.8 Å². The molecule has 1 atom stereocenters. The number of nitrogens with two attached hydrogens (primary N) is 1. The third-order valence-corrected chi connectivity index (χ3v) is 2.20. The fraction of sp³-hybridized carbons (Fsp3) is 0.455. The highest BCUT2D eigenvalue weighted by molar-refractivity contribution is 5.44. The van der Waals surface area contributed by atoms with E-state index in [1.807, 2.05) is 18.2 Å². The van der Waals surface area contributed by atoms with Crippen LogP contribution in [0.3, 0.4) is 0 Å². The second-order valence-electron chi connectivity index (χ2n) is 3.36. The molecule has 0 aromatic heterocycles. The zero-order chi connectivity index (χ0) is 12.5. The van der Waals surface area contributed by atoms with Crippen molar-refractivity contribution in [2.24, 2.45) is 5.73 Å². The number of hydrogen-bond donors (Lipinski definition) is 1. The van der Waals surface area contributed by atoms with E-state index in [2.05, 4.69) is 0 Å². The zero-order valence-electron chi connectivity index (χ0n) is 10.8. The van der Waals surface area contributed by atoms with E-state index >= 15 is 0 Å². The normalized spacial score (nSPS) is 19.6. The van der Waals surface area contributed by atoms with E-state index in [4.69, 9.17) is 19.3 Å². The summed E-state index contributed by atoms with van der Waals surface area (Å²) in [5, 5.41) is 0. The summed E-state index contributed by atoms with van der Waals surface area (Å²) in [6.07, 6.45) is 0.538. The first-order valence-corrected chi connectivity index (χ1v) is 4.58. The molecule has 0 saturated carbocycles. The van der Waals surface area contributed by atoms with Gasteiger partial charge in [-0.1, -0.05) is 12.9 Å². The predicted molar refractivity (Wildman–Crippen MR) is 54.5 cm³/mol. The highest BCUT2D eigenvalue weighted by Gasteiger charge is 2.13. The molecule has 1 aliphatic heterocycles. The maximum Gasteiger partial charge on any atom is 0.231 e. The second kappa shape index (κ2) is 3.88. The van der Waals surface area contributed by atoms with Gasteiger partial charge in [0.1, 0.15) is 0 Å². The van der Waals surface area contributed by atoms with Crippen molar-refractivity contribution in [1.82, 2.24) is 0 Å². The molecular weight excluding hydrogens is 178 g/mol. The minimum absolute atomic E-state index is 0.0153. The van der Waals surface area contributed by atoms with Crippen LogP contribution in [0.1, 0.15) is 22.9 Å². The Labute approximate surface area is 88.0 Å². The van der Waals surface area contributed by atoms with Crippen molar-refractivity contribution in [2.45, 2.75) is 25.7 Å². The predicted octanol–water partition coefficient (Wildman–Crippen LogP) is 1.70. The van der Waals surface area contributed by atoms with Gasteiger partial charge < -0.3 is 15.2 Å². The summed E-state index contributed by atoms with van der Waals surface area (Å²) in [5.74, 6) is 1.42. The van der Waals surface area contributed by atoms with Crippen LogP contribution >= 0.6 is 0 Å². The summed E-state index contributed by atoms with van der Waals surface area (Å²) in [5.41, 5.74) is 6.77. The average Bonchev–Trinajstić information content (AvgIpc) is 2.61. The smallest absolute Gasteiger partial charge is 0.231 e. The molecule has 1 aromatic carbocycles. The van der Waals surface area contributed by atoms with Gasteiger partial charge in [-0.15, -0.1) is 0 Å². The largest absolute Gasteiger partial charge is 0.454 e. The molecule has 2 rings (SSSR count). The van der Waals surface area contributed by atoms with E-state index in [-0.39, 0.29) is 19.3 Å². The van der Waals surface area contributed by atoms with Crippen molar-refractivity contribution < 1.29 is 13.6 Å². The molecule has 3 heteroatoms. The summed E-state index contributed by atoms with van der Waals surface area (Å²) < 4.78 is 31.9. The topological polar surface area (TPSA) is 44.5 Å². The van der Waals surface area contributed by atoms with Crippen molar-refractivity contribution in [3.05, 3.63) is 23.8 Å². The lowest BCUT2D eigenvalue weighted by molar-refractivity contribution is 0.174. The third-order valence-electron chi connectivity index (χ3n) is 2.20. The van der Waals surface area contributed by atoms with Crippen LogP contribution in [0.4, 0.5) is 0 Å². The fourth-order valence-electron chi connectivity index (χ4n) is 1.44. The Morgan fingerprint density at radius 3 is 3.21 bits per heavy atom. The molecule has 1 aliphatic rings. The average molecular weight is 196 g/mol. The van der Waals surface area contributed by atoms with Crippen LogP contribution in [0, 0.1) is 0 Å². The van der Waals surface area contributed by atoms with Gasteiger partial charge in [0, 0.05) is 10.2 Å². The minimum Gasteiger partial charge on any atom is -0.454 e. The highest BCUT2D eigenvalue weighted by atomic mass is 16.7. The molecule has 0 fully saturated rings. The van der Waals surface area contributed by atoms with Crippen molar-refractivity contribution in [3.8, 4) is 11.5 Å². The highest BCUT2D eigenvalue weighted by Crippen LogP contribution is 2.32. The molecule has 14 heavy (non-hydrogen) atoms. The Hall–Kier alpha value is -1.22. The fourth-order valence-corrected chi connectivity index (χ4v) is 1.44.